The molecule has 1 amide bonds. The number of hydrogen-bond donors (Lipinski definition) is 0. The Balaban J connectivity index is 2.00. The standard InChI is InChI=1S/C15H15NO5/c1-20-14(18)12-9-16(8-7-13(12)17)15(19)21-10-11-5-3-2-4-6-11/h2-6,9H,7-8,10H2,1H3. The van der Waals surface area contributed by atoms with Crippen molar-refractivity contribution in [2.75, 3.05) is 13.7 Å². The quantitative estimate of drug-likeness (QED) is 0.625. The summed E-state index contributed by atoms with van der Waals surface area (Å²) in [4.78, 5) is 36.2. The highest BCUT2D eigenvalue weighted by Crippen LogP contribution is 2.14. The van der Waals surface area contributed by atoms with E-state index in [1.54, 1.807) is 0 Å². The molecule has 0 bridgehead atoms. The molecular weight excluding hydrogens is 274 g/mol. The monoisotopic (exact) mass is 289 g/mol. The lowest BCUT2D eigenvalue weighted by molar-refractivity contribution is -0.138. The molecule has 1 aliphatic heterocycles. The van der Waals surface area contributed by atoms with Crippen LogP contribution in [0.15, 0.2) is 42.1 Å². The summed E-state index contributed by atoms with van der Waals surface area (Å²) in [6.45, 7) is 0.318. The largest absolute Gasteiger partial charge is 0.465 e. The number of esters is 1. The average Bonchev–Trinajstić information content (AvgIpc) is 2.53. The van der Waals surface area contributed by atoms with Gasteiger partial charge in [0.05, 0.1) is 7.11 Å². The van der Waals surface area contributed by atoms with Crippen molar-refractivity contribution >= 4 is 17.8 Å². The molecule has 0 aliphatic carbocycles. The van der Waals surface area contributed by atoms with Gasteiger partial charge in [-0.25, -0.2) is 9.59 Å². The van der Waals surface area contributed by atoms with Crippen molar-refractivity contribution in [2.45, 2.75) is 13.0 Å². The SMILES string of the molecule is COC(=O)C1=CN(C(=O)OCc2ccccc2)CCC1=O. The zero-order valence-electron chi connectivity index (χ0n) is 11.6. The van der Waals surface area contributed by atoms with Crippen LogP contribution in [-0.4, -0.2) is 36.4 Å². The van der Waals surface area contributed by atoms with Crippen LogP contribution in [0.5, 0.6) is 0 Å². The lowest BCUT2D eigenvalue weighted by Gasteiger charge is -2.22. The zero-order chi connectivity index (χ0) is 15.2. The van der Waals surface area contributed by atoms with E-state index < -0.39 is 12.1 Å². The molecule has 6 heteroatoms. The first kappa shape index (κ1) is 14.8. The van der Waals surface area contributed by atoms with E-state index in [1.165, 1.54) is 18.2 Å². The molecule has 1 heterocycles. The van der Waals surface area contributed by atoms with Crippen LogP contribution in [0.4, 0.5) is 4.79 Å². The van der Waals surface area contributed by atoms with Crippen LogP contribution >= 0.6 is 0 Å². The Kier molecular flexibility index (Phi) is 4.71. The summed E-state index contributed by atoms with van der Waals surface area (Å²) in [7, 11) is 1.18. The second kappa shape index (κ2) is 6.69. The fourth-order valence-corrected chi connectivity index (χ4v) is 1.87. The van der Waals surface area contributed by atoms with Gasteiger partial charge in [0.15, 0.2) is 5.78 Å². The van der Waals surface area contributed by atoms with Crippen LogP contribution in [0.3, 0.4) is 0 Å². The van der Waals surface area contributed by atoms with E-state index in [0.29, 0.717) is 0 Å². The van der Waals surface area contributed by atoms with Crippen LogP contribution < -0.4 is 0 Å². The second-order valence-corrected chi connectivity index (χ2v) is 4.44. The van der Waals surface area contributed by atoms with Gasteiger partial charge in [0.25, 0.3) is 0 Å². The summed E-state index contributed by atoms with van der Waals surface area (Å²) in [5.41, 5.74) is 0.719. The molecule has 110 valence electrons. The van der Waals surface area contributed by atoms with Gasteiger partial charge >= 0.3 is 12.1 Å². The third-order valence-corrected chi connectivity index (χ3v) is 3.01. The van der Waals surface area contributed by atoms with Crippen LogP contribution in [0, 0.1) is 0 Å². The third kappa shape index (κ3) is 3.68. The van der Waals surface area contributed by atoms with Crippen molar-refractivity contribution in [3.63, 3.8) is 0 Å². The van der Waals surface area contributed by atoms with Gasteiger partial charge in [-0.1, -0.05) is 30.3 Å². The molecule has 0 unspecified atom stereocenters. The number of nitrogens with zero attached hydrogens (tertiary/aromatic N) is 1. The van der Waals surface area contributed by atoms with Gasteiger partial charge in [0.1, 0.15) is 12.2 Å². The average molecular weight is 289 g/mol. The van der Waals surface area contributed by atoms with E-state index in [4.69, 9.17) is 4.74 Å². The first-order valence-corrected chi connectivity index (χ1v) is 6.42. The highest BCUT2D eigenvalue weighted by molar-refractivity contribution is 6.18. The van der Waals surface area contributed by atoms with Crippen molar-refractivity contribution < 1.29 is 23.9 Å². The number of rotatable bonds is 3. The van der Waals surface area contributed by atoms with Crippen molar-refractivity contribution in [1.82, 2.24) is 4.90 Å². The number of hydrogen-bond acceptors (Lipinski definition) is 5. The fraction of sp³-hybridized carbons (Fsp3) is 0.267. The molecule has 0 N–H and O–H groups in total. The maximum Gasteiger partial charge on any atom is 0.414 e. The van der Waals surface area contributed by atoms with Crippen molar-refractivity contribution in [3.8, 4) is 0 Å². The molecule has 2 rings (SSSR count). The molecule has 0 saturated carbocycles. The van der Waals surface area contributed by atoms with Crippen LogP contribution in [0.1, 0.15) is 12.0 Å². The number of carbonyl (C=O) groups excluding carboxylic acids is 3. The number of carbonyl (C=O) groups is 3. The molecule has 21 heavy (non-hydrogen) atoms. The van der Waals surface area contributed by atoms with Gasteiger partial charge in [-0.3, -0.25) is 9.69 Å². The Morgan fingerprint density at radius 1 is 1.24 bits per heavy atom. The Bertz CT molecular complexity index is 579. The van der Waals surface area contributed by atoms with Gasteiger partial charge < -0.3 is 9.47 Å². The first-order valence-electron chi connectivity index (χ1n) is 6.42. The Labute approximate surface area is 121 Å². The van der Waals surface area contributed by atoms with Gasteiger partial charge in [-0.15, -0.1) is 0 Å². The summed E-state index contributed by atoms with van der Waals surface area (Å²) in [5.74, 6) is -1.09. The third-order valence-electron chi connectivity index (χ3n) is 3.01. The topological polar surface area (TPSA) is 72.9 Å². The lowest BCUT2D eigenvalue weighted by atomic mass is 10.1. The number of methoxy groups -OCH3 is 1. The van der Waals surface area contributed by atoms with Gasteiger partial charge in [-0.05, 0) is 5.56 Å². The molecule has 1 aromatic rings. The molecule has 0 fully saturated rings. The molecular formula is C15H15NO5. The Morgan fingerprint density at radius 2 is 1.95 bits per heavy atom. The smallest absolute Gasteiger partial charge is 0.414 e. The van der Waals surface area contributed by atoms with E-state index in [1.807, 2.05) is 30.3 Å². The summed E-state index contributed by atoms with van der Waals surface area (Å²) in [6.07, 6.45) is 0.652. The van der Waals surface area contributed by atoms with E-state index in [2.05, 4.69) is 4.74 Å². The molecule has 0 atom stereocenters. The van der Waals surface area contributed by atoms with E-state index >= 15 is 0 Å². The normalized spacial score (nSPS) is 14.4. The predicted molar refractivity (Wildman–Crippen MR) is 73.1 cm³/mol. The zero-order valence-corrected chi connectivity index (χ0v) is 11.6. The summed E-state index contributed by atoms with van der Waals surface area (Å²) in [5, 5.41) is 0. The predicted octanol–water partition coefficient (Wildman–Crippen LogP) is 1.65. The minimum Gasteiger partial charge on any atom is -0.465 e. The molecule has 1 aromatic carbocycles. The van der Waals surface area contributed by atoms with Crippen molar-refractivity contribution in [1.29, 1.82) is 0 Å². The van der Waals surface area contributed by atoms with Crippen molar-refractivity contribution in [2.24, 2.45) is 0 Å². The number of benzene rings is 1. The van der Waals surface area contributed by atoms with Gasteiger partial charge in [0.2, 0.25) is 0 Å². The Morgan fingerprint density at radius 3 is 2.62 bits per heavy atom. The second-order valence-electron chi connectivity index (χ2n) is 4.44. The number of ether oxygens (including phenoxy) is 2. The van der Waals surface area contributed by atoms with E-state index in [-0.39, 0.29) is 30.9 Å². The van der Waals surface area contributed by atoms with Crippen LogP contribution in [0.2, 0.25) is 0 Å². The summed E-state index contributed by atoms with van der Waals surface area (Å²) < 4.78 is 9.65. The van der Waals surface area contributed by atoms with E-state index in [9.17, 15) is 14.4 Å². The summed E-state index contributed by atoms with van der Waals surface area (Å²) in [6, 6.07) is 9.23. The molecule has 0 radical (unpaired) electrons. The maximum absolute atomic E-state index is 11.9. The van der Waals surface area contributed by atoms with Gasteiger partial charge in [-0.2, -0.15) is 0 Å². The summed E-state index contributed by atoms with van der Waals surface area (Å²) >= 11 is 0. The minimum absolute atomic E-state index is 0.0708. The highest BCUT2D eigenvalue weighted by Gasteiger charge is 2.28. The van der Waals surface area contributed by atoms with E-state index in [0.717, 1.165) is 5.56 Å². The molecule has 0 aromatic heterocycles. The first-order chi connectivity index (χ1) is 10.1. The number of amides is 1. The van der Waals surface area contributed by atoms with Crippen LogP contribution in [0.25, 0.3) is 0 Å². The molecule has 1 aliphatic rings. The maximum atomic E-state index is 11.9. The minimum atomic E-state index is -0.749. The number of Topliss-reactive ketones (excluding diaryl/α,β-unsaturated/α-hetero) is 1. The lowest BCUT2D eigenvalue weighted by Crippen LogP contribution is -2.35. The van der Waals surface area contributed by atoms with Crippen molar-refractivity contribution in [3.05, 3.63) is 47.7 Å². The Hall–Kier alpha value is -2.63. The molecule has 6 nitrogen and oxygen atoms in total. The molecule has 0 spiro atoms. The fourth-order valence-electron chi connectivity index (χ4n) is 1.87. The van der Waals surface area contributed by atoms with Gasteiger partial charge in [0, 0.05) is 19.2 Å². The number of ketones is 1. The highest BCUT2D eigenvalue weighted by atomic mass is 16.6. The van der Waals surface area contributed by atoms with Crippen LogP contribution in [-0.2, 0) is 25.7 Å². The molecule has 0 saturated heterocycles.